The maximum atomic E-state index is 6.06. The molecule has 0 spiro atoms. The number of rotatable bonds is 11. The van der Waals surface area contributed by atoms with Crippen LogP contribution in [0.3, 0.4) is 0 Å². The van der Waals surface area contributed by atoms with Crippen molar-refractivity contribution in [2.24, 2.45) is 0 Å². The van der Waals surface area contributed by atoms with Gasteiger partial charge in [0.25, 0.3) is 0 Å². The van der Waals surface area contributed by atoms with E-state index in [1.54, 1.807) is 0 Å². The van der Waals surface area contributed by atoms with Crippen LogP contribution in [-0.2, 0) is 13.1 Å². The fourth-order valence-corrected chi connectivity index (χ4v) is 4.74. The van der Waals surface area contributed by atoms with E-state index in [-0.39, 0.29) is 0 Å². The predicted molar refractivity (Wildman–Crippen MR) is 141 cm³/mol. The van der Waals surface area contributed by atoms with E-state index < -0.39 is 0 Å². The fraction of sp³-hybridized carbons (Fsp3) is 0.615. The molecule has 2 heterocycles. The fourth-order valence-electron chi connectivity index (χ4n) is 4.74. The molecule has 8 nitrogen and oxygen atoms in total. The molecule has 2 fully saturated rings. The Labute approximate surface area is 204 Å². The molecule has 1 aliphatic heterocycles. The second-order valence-corrected chi connectivity index (χ2v) is 9.75. The monoisotopic (exact) mass is 466 g/mol. The summed E-state index contributed by atoms with van der Waals surface area (Å²) in [7, 11) is 2.15. The van der Waals surface area contributed by atoms with Gasteiger partial charge in [0.2, 0.25) is 5.95 Å². The summed E-state index contributed by atoms with van der Waals surface area (Å²) in [5.74, 6) is 1.99. The lowest BCUT2D eigenvalue weighted by atomic mass is 9.95. The van der Waals surface area contributed by atoms with E-state index in [2.05, 4.69) is 62.0 Å². The number of benzene rings is 1. The minimum atomic E-state index is 0.502. The molecule has 1 aliphatic carbocycles. The Kier molecular flexibility index (Phi) is 9.35. The Morgan fingerprint density at radius 3 is 2.35 bits per heavy atom. The largest absolute Gasteiger partial charge is 0.383 e. The Bertz CT molecular complexity index is 858. The molecule has 1 saturated carbocycles. The van der Waals surface area contributed by atoms with Gasteiger partial charge in [-0.25, -0.2) is 0 Å². The maximum Gasteiger partial charge on any atom is 0.226 e. The van der Waals surface area contributed by atoms with Gasteiger partial charge in [-0.15, -0.1) is 0 Å². The summed E-state index contributed by atoms with van der Waals surface area (Å²) < 4.78 is 0. The van der Waals surface area contributed by atoms with Gasteiger partial charge in [0.15, 0.2) is 0 Å². The quantitative estimate of drug-likeness (QED) is 0.376. The minimum Gasteiger partial charge on any atom is -0.383 e. The smallest absolute Gasteiger partial charge is 0.226 e. The second kappa shape index (κ2) is 12.9. The lowest BCUT2D eigenvalue weighted by Gasteiger charge is -2.33. The van der Waals surface area contributed by atoms with Gasteiger partial charge < -0.3 is 31.5 Å². The van der Waals surface area contributed by atoms with Crippen molar-refractivity contribution in [2.75, 3.05) is 62.3 Å². The molecule has 0 unspecified atom stereocenters. The van der Waals surface area contributed by atoms with Gasteiger partial charge in [0.05, 0.1) is 0 Å². The summed E-state index contributed by atoms with van der Waals surface area (Å²) in [6, 6.07) is 11.3. The molecule has 2 aromatic rings. The summed E-state index contributed by atoms with van der Waals surface area (Å²) in [5.41, 5.74) is 8.57. The molecular weight excluding hydrogens is 424 g/mol. The van der Waals surface area contributed by atoms with Crippen LogP contribution < -0.4 is 26.6 Å². The third kappa shape index (κ3) is 7.82. The first-order chi connectivity index (χ1) is 16.7. The van der Waals surface area contributed by atoms with E-state index in [0.29, 0.717) is 18.3 Å². The number of nitrogens with zero attached hydrogens (tertiary/aromatic N) is 4. The molecule has 0 atom stereocenters. The summed E-state index contributed by atoms with van der Waals surface area (Å²) in [6.45, 7) is 7.72. The highest BCUT2D eigenvalue weighted by molar-refractivity contribution is 5.52. The second-order valence-electron chi connectivity index (χ2n) is 9.75. The van der Waals surface area contributed by atoms with Crippen molar-refractivity contribution >= 4 is 17.6 Å². The van der Waals surface area contributed by atoms with Crippen LogP contribution in [0.5, 0.6) is 0 Å². The van der Waals surface area contributed by atoms with Crippen LogP contribution in [0.2, 0.25) is 0 Å². The van der Waals surface area contributed by atoms with Crippen molar-refractivity contribution in [3.63, 3.8) is 0 Å². The number of nitrogens with two attached hydrogens (primary N) is 1. The van der Waals surface area contributed by atoms with Gasteiger partial charge in [0.1, 0.15) is 11.6 Å². The van der Waals surface area contributed by atoms with E-state index in [1.165, 1.54) is 49.7 Å². The van der Waals surface area contributed by atoms with E-state index in [0.717, 1.165) is 57.7 Å². The highest BCUT2D eigenvalue weighted by atomic mass is 15.3. The number of nitrogen functional groups attached to an aromatic ring is 1. The van der Waals surface area contributed by atoms with Crippen LogP contribution >= 0.6 is 0 Å². The molecule has 0 radical (unpaired) electrons. The first kappa shape index (κ1) is 24.7. The number of piperazine rings is 1. The number of likely N-dealkylation sites (N-methyl/N-ethyl adjacent to an activating group) is 1. The van der Waals surface area contributed by atoms with Crippen molar-refractivity contribution in [3.05, 3.63) is 41.5 Å². The molecule has 8 heteroatoms. The molecule has 5 N–H and O–H groups in total. The molecule has 2 aliphatic rings. The van der Waals surface area contributed by atoms with Crippen molar-refractivity contribution in [2.45, 2.75) is 57.7 Å². The zero-order valence-corrected chi connectivity index (χ0v) is 20.7. The number of anilines is 3. The topological polar surface area (TPSA) is 94.4 Å². The number of hydrogen-bond donors (Lipinski definition) is 4. The number of aromatic nitrogens is 2. The maximum absolute atomic E-state index is 6.06. The summed E-state index contributed by atoms with van der Waals surface area (Å²) in [6.07, 6.45) is 8.10. The molecule has 1 saturated heterocycles. The van der Waals surface area contributed by atoms with Gasteiger partial charge in [-0.2, -0.15) is 9.97 Å². The molecule has 1 aromatic carbocycles. The summed E-state index contributed by atoms with van der Waals surface area (Å²) >= 11 is 0. The van der Waals surface area contributed by atoms with Crippen LogP contribution in [-0.4, -0.2) is 67.2 Å². The first-order valence-electron chi connectivity index (χ1n) is 13.0. The van der Waals surface area contributed by atoms with Gasteiger partial charge in [0, 0.05) is 51.4 Å². The summed E-state index contributed by atoms with van der Waals surface area (Å²) in [5, 5.41) is 10.6. The molecule has 1 aromatic heterocycles. The molecule has 0 bridgehead atoms. The van der Waals surface area contributed by atoms with Crippen LogP contribution in [0.25, 0.3) is 0 Å². The minimum absolute atomic E-state index is 0.502. The Morgan fingerprint density at radius 2 is 1.62 bits per heavy atom. The zero-order chi connectivity index (χ0) is 23.6. The average molecular weight is 467 g/mol. The van der Waals surface area contributed by atoms with Crippen molar-refractivity contribution in [3.8, 4) is 0 Å². The molecule has 34 heavy (non-hydrogen) atoms. The SMILES string of the molecule is CN1CCN(c2cc(N)nc(NCc3ccc(CNCCCNC4CCCCC4)cc3)n2)CC1. The standard InChI is InChI=1S/C26H42N8/c1-33-14-16-34(17-15-33)25-18-24(27)31-26(32-25)30-20-22-10-8-21(9-11-22)19-28-12-5-13-29-23-6-3-2-4-7-23/h8-11,18,23,28-29H,2-7,12-17,19-20H2,1H3,(H3,27,30,31,32). The third-order valence-electron chi connectivity index (χ3n) is 6.93. The van der Waals surface area contributed by atoms with Crippen molar-refractivity contribution in [1.29, 1.82) is 0 Å². The highest BCUT2D eigenvalue weighted by Gasteiger charge is 2.17. The lowest BCUT2D eigenvalue weighted by molar-refractivity contribution is 0.312. The van der Waals surface area contributed by atoms with Crippen LogP contribution in [0, 0.1) is 0 Å². The number of nitrogens with one attached hydrogen (secondary N) is 3. The van der Waals surface area contributed by atoms with Crippen molar-refractivity contribution < 1.29 is 0 Å². The van der Waals surface area contributed by atoms with E-state index in [9.17, 15) is 0 Å². The normalized spacial score (nSPS) is 17.7. The Balaban J connectivity index is 1.16. The summed E-state index contributed by atoms with van der Waals surface area (Å²) in [4.78, 5) is 13.7. The molecule has 0 amide bonds. The zero-order valence-electron chi connectivity index (χ0n) is 20.7. The Hall–Kier alpha value is -2.42. The lowest BCUT2D eigenvalue weighted by Crippen LogP contribution is -2.44. The van der Waals surface area contributed by atoms with Gasteiger partial charge in [-0.3, -0.25) is 0 Å². The van der Waals surface area contributed by atoms with E-state index >= 15 is 0 Å². The van der Waals surface area contributed by atoms with Crippen LogP contribution in [0.1, 0.15) is 49.7 Å². The Morgan fingerprint density at radius 1 is 0.912 bits per heavy atom. The van der Waals surface area contributed by atoms with Crippen molar-refractivity contribution in [1.82, 2.24) is 25.5 Å². The molecule has 186 valence electrons. The predicted octanol–water partition coefficient (Wildman–Crippen LogP) is 2.82. The third-order valence-corrected chi connectivity index (χ3v) is 6.93. The van der Waals surface area contributed by atoms with Crippen LogP contribution in [0.4, 0.5) is 17.6 Å². The van der Waals surface area contributed by atoms with E-state index in [1.807, 2.05) is 6.07 Å². The molecule has 4 rings (SSSR count). The van der Waals surface area contributed by atoms with Crippen LogP contribution in [0.15, 0.2) is 30.3 Å². The average Bonchev–Trinajstić information content (AvgIpc) is 2.86. The van der Waals surface area contributed by atoms with Gasteiger partial charge >= 0.3 is 0 Å². The van der Waals surface area contributed by atoms with E-state index in [4.69, 9.17) is 10.7 Å². The molecular formula is C26H42N8. The number of hydrogen-bond acceptors (Lipinski definition) is 8. The first-order valence-corrected chi connectivity index (χ1v) is 13.0. The van der Waals surface area contributed by atoms with Gasteiger partial charge in [-0.1, -0.05) is 43.5 Å². The van der Waals surface area contributed by atoms with Gasteiger partial charge in [-0.05, 0) is 50.5 Å². The highest BCUT2D eigenvalue weighted by Crippen LogP contribution is 2.19.